The Morgan fingerprint density at radius 3 is 2.67 bits per heavy atom. The van der Waals surface area contributed by atoms with Gasteiger partial charge >= 0.3 is 6.18 Å². The van der Waals surface area contributed by atoms with Crippen molar-refractivity contribution in [3.63, 3.8) is 0 Å². The Morgan fingerprint density at radius 2 is 2.08 bits per heavy atom. The van der Waals surface area contributed by atoms with Crippen molar-refractivity contribution < 1.29 is 13.2 Å². The number of alkyl halides is 3. The quantitative estimate of drug-likeness (QED) is 0.873. The van der Waals surface area contributed by atoms with Crippen LogP contribution in [0.4, 0.5) is 19.0 Å². The molecule has 1 saturated carbocycles. The molecule has 24 heavy (non-hydrogen) atoms. The Balaban J connectivity index is 0.00000208. The van der Waals surface area contributed by atoms with Crippen molar-refractivity contribution in [1.29, 1.82) is 0 Å². The highest BCUT2D eigenvalue weighted by Gasteiger charge is 2.31. The third-order valence-electron chi connectivity index (χ3n) is 4.23. The van der Waals surface area contributed by atoms with Crippen molar-refractivity contribution in [2.45, 2.75) is 50.9 Å². The molecule has 2 N–H and O–H groups in total. The molecule has 1 fully saturated rings. The number of thiophene rings is 1. The number of hydrogen-bond donors (Lipinski definition) is 1. The maximum Gasteiger partial charge on any atom is 0.393 e. The van der Waals surface area contributed by atoms with Crippen LogP contribution < -0.4 is 10.6 Å². The van der Waals surface area contributed by atoms with Gasteiger partial charge in [-0.05, 0) is 32.3 Å². The molecule has 1 aliphatic rings. The molecule has 0 aliphatic heterocycles. The molecule has 3 rings (SSSR count). The molecule has 9 heteroatoms. The lowest BCUT2D eigenvalue weighted by Crippen LogP contribution is -2.35. The van der Waals surface area contributed by atoms with Gasteiger partial charge in [0.05, 0.1) is 11.8 Å². The summed E-state index contributed by atoms with van der Waals surface area (Å²) in [4.78, 5) is 11.5. The number of aromatic nitrogens is 2. The highest BCUT2D eigenvalue weighted by atomic mass is 35.5. The first kappa shape index (κ1) is 19.2. The predicted octanol–water partition coefficient (Wildman–Crippen LogP) is 3.92. The van der Waals surface area contributed by atoms with Gasteiger partial charge in [0.1, 0.15) is 17.0 Å². The predicted molar refractivity (Wildman–Crippen MR) is 93.1 cm³/mol. The van der Waals surface area contributed by atoms with E-state index in [4.69, 9.17) is 5.73 Å². The summed E-state index contributed by atoms with van der Waals surface area (Å²) in [5.41, 5.74) is 6.00. The fraction of sp³-hybridized carbons (Fsp3) is 0.600. The number of nitrogens with two attached hydrogens (primary N) is 1. The van der Waals surface area contributed by atoms with Gasteiger partial charge in [-0.25, -0.2) is 9.97 Å². The molecule has 0 spiro atoms. The standard InChI is InChI=1S/C15H19F3N4S.ClH/c1-2-22(10-4-3-9(19)5-10)13-12-6-11(7-15(16,17)18)23-14(12)21-8-20-13;/h6,8-10H,2-5,7,19H2,1H3;1H/t9-,10+;/m0./s1. The van der Waals surface area contributed by atoms with E-state index < -0.39 is 12.6 Å². The maximum atomic E-state index is 12.6. The molecular weight excluding hydrogens is 361 g/mol. The van der Waals surface area contributed by atoms with Gasteiger partial charge in [-0.1, -0.05) is 0 Å². The normalized spacial score (nSPS) is 21.0. The average Bonchev–Trinajstić information content (AvgIpc) is 3.04. The Kier molecular flexibility index (Phi) is 5.93. The molecular formula is C15H20ClF3N4S. The van der Waals surface area contributed by atoms with Gasteiger partial charge in [0.25, 0.3) is 0 Å². The summed E-state index contributed by atoms with van der Waals surface area (Å²) < 4.78 is 37.9. The monoisotopic (exact) mass is 380 g/mol. The third-order valence-corrected chi connectivity index (χ3v) is 5.28. The molecule has 2 atom stereocenters. The van der Waals surface area contributed by atoms with E-state index in [0.717, 1.165) is 43.0 Å². The summed E-state index contributed by atoms with van der Waals surface area (Å²) in [6.07, 6.45) is -0.856. The molecule has 0 saturated heterocycles. The zero-order valence-corrected chi connectivity index (χ0v) is 14.8. The van der Waals surface area contributed by atoms with Crippen LogP contribution in [0.3, 0.4) is 0 Å². The molecule has 2 aromatic heterocycles. The van der Waals surface area contributed by atoms with E-state index in [1.54, 1.807) is 6.07 Å². The largest absolute Gasteiger partial charge is 0.393 e. The third kappa shape index (κ3) is 4.10. The van der Waals surface area contributed by atoms with Crippen LogP contribution in [-0.2, 0) is 6.42 Å². The minimum absolute atomic E-state index is 0. The van der Waals surface area contributed by atoms with Gasteiger partial charge in [0, 0.05) is 23.5 Å². The number of halogens is 4. The van der Waals surface area contributed by atoms with Gasteiger partial charge in [-0.3, -0.25) is 0 Å². The maximum absolute atomic E-state index is 12.6. The van der Waals surface area contributed by atoms with Crippen LogP contribution in [0, 0.1) is 0 Å². The van der Waals surface area contributed by atoms with Gasteiger partial charge < -0.3 is 10.6 Å². The van der Waals surface area contributed by atoms with Crippen LogP contribution in [0.2, 0.25) is 0 Å². The van der Waals surface area contributed by atoms with E-state index in [9.17, 15) is 13.2 Å². The number of fused-ring (bicyclic) bond motifs is 1. The van der Waals surface area contributed by atoms with E-state index >= 15 is 0 Å². The lowest BCUT2D eigenvalue weighted by Gasteiger charge is -2.29. The van der Waals surface area contributed by atoms with Crippen molar-refractivity contribution in [1.82, 2.24) is 9.97 Å². The Bertz CT molecular complexity index is 691. The Morgan fingerprint density at radius 1 is 1.33 bits per heavy atom. The van der Waals surface area contributed by atoms with Crippen LogP contribution in [-0.4, -0.2) is 34.8 Å². The van der Waals surface area contributed by atoms with Gasteiger partial charge in [0.2, 0.25) is 0 Å². The van der Waals surface area contributed by atoms with Crippen LogP contribution in [0.15, 0.2) is 12.4 Å². The summed E-state index contributed by atoms with van der Waals surface area (Å²) in [6.45, 7) is 2.77. The number of nitrogens with zero attached hydrogens (tertiary/aromatic N) is 3. The topological polar surface area (TPSA) is 55.0 Å². The van der Waals surface area contributed by atoms with Gasteiger partial charge in [-0.15, -0.1) is 23.7 Å². The summed E-state index contributed by atoms with van der Waals surface area (Å²) in [6, 6.07) is 2.06. The van der Waals surface area contributed by atoms with E-state index in [-0.39, 0.29) is 23.3 Å². The molecule has 134 valence electrons. The molecule has 2 aromatic rings. The molecule has 4 nitrogen and oxygen atoms in total. The Hall–Kier alpha value is -1.12. The highest BCUT2D eigenvalue weighted by Crippen LogP contribution is 2.36. The fourth-order valence-corrected chi connectivity index (χ4v) is 4.28. The molecule has 1 aliphatic carbocycles. The summed E-state index contributed by atoms with van der Waals surface area (Å²) in [5, 5.41) is 0.707. The van der Waals surface area contributed by atoms with Crippen molar-refractivity contribution >= 4 is 39.8 Å². The summed E-state index contributed by atoms with van der Waals surface area (Å²) in [7, 11) is 0. The van der Waals surface area contributed by atoms with Gasteiger partial charge in [-0.2, -0.15) is 13.2 Å². The molecule has 0 radical (unpaired) electrons. The minimum Gasteiger partial charge on any atom is -0.353 e. The van der Waals surface area contributed by atoms with Gasteiger partial charge in [0.15, 0.2) is 0 Å². The molecule has 0 amide bonds. The van der Waals surface area contributed by atoms with Crippen molar-refractivity contribution in [3.05, 3.63) is 17.3 Å². The molecule has 0 aromatic carbocycles. The molecule has 2 heterocycles. The van der Waals surface area contributed by atoms with Crippen molar-refractivity contribution in [2.75, 3.05) is 11.4 Å². The second-order valence-corrected chi connectivity index (χ2v) is 7.05. The molecule has 0 unspecified atom stereocenters. The molecule has 0 bridgehead atoms. The summed E-state index contributed by atoms with van der Waals surface area (Å²) in [5.74, 6) is 0.723. The average molecular weight is 381 g/mol. The summed E-state index contributed by atoms with van der Waals surface area (Å²) >= 11 is 1.09. The van der Waals surface area contributed by atoms with Crippen molar-refractivity contribution in [2.24, 2.45) is 5.73 Å². The number of hydrogen-bond acceptors (Lipinski definition) is 5. The number of rotatable bonds is 4. The first-order valence-corrected chi connectivity index (χ1v) is 8.51. The lowest BCUT2D eigenvalue weighted by molar-refractivity contribution is -0.126. The minimum atomic E-state index is -4.21. The number of anilines is 1. The Labute approximate surface area is 148 Å². The van der Waals surface area contributed by atoms with E-state index in [2.05, 4.69) is 14.9 Å². The second-order valence-electron chi connectivity index (χ2n) is 5.93. The lowest BCUT2D eigenvalue weighted by atomic mass is 10.2. The van der Waals surface area contributed by atoms with E-state index in [0.29, 0.717) is 16.3 Å². The van der Waals surface area contributed by atoms with Crippen molar-refractivity contribution in [3.8, 4) is 0 Å². The van der Waals surface area contributed by atoms with Crippen LogP contribution >= 0.6 is 23.7 Å². The van der Waals surface area contributed by atoms with Crippen LogP contribution in [0.5, 0.6) is 0 Å². The SMILES string of the molecule is CCN(c1ncnc2sc(CC(F)(F)F)cc12)[C@@H]1CC[C@H](N)C1.Cl. The van der Waals surface area contributed by atoms with E-state index in [1.165, 1.54) is 6.33 Å². The fourth-order valence-electron chi connectivity index (χ4n) is 3.26. The zero-order chi connectivity index (χ0) is 16.6. The van der Waals surface area contributed by atoms with Crippen LogP contribution in [0.25, 0.3) is 10.2 Å². The first-order chi connectivity index (χ1) is 10.9. The zero-order valence-electron chi connectivity index (χ0n) is 13.2. The highest BCUT2D eigenvalue weighted by molar-refractivity contribution is 7.18. The van der Waals surface area contributed by atoms with E-state index in [1.807, 2.05) is 6.92 Å². The smallest absolute Gasteiger partial charge is 0.353 e. The van der Waals surface area contributed by atoms with Crippen LogP contribution in [0.1, 0.15) is 31.1 Å². The first-order valence-electron chi connectivity index (χ1n) is 7.69. The second kappa shape index (κ2) is 7.41.